The fraction of sp³-hybridized carbons (Fsp3) is 0.947. The zero-order valence-electron chi connectivity index (χ0n) is 30.8. The van der Waals surface area contributed by atoms with E-state index in [0.717, 1.165) is 90.4 Å². The van der Waals surface area contributed by atoms with Gasteiger partial charge in [-0.1, -0.05) is 0 Å². The summed E-state index contributed by atoms with van der Waals surface area (Å²) in [6, 6.07) is 3.13. The van der Waals surface area contributed by atoms with Crippen LogP contribution in [0.25, 0.3) is 0 Å². The number of piperidine rings is 2. The molecule has 6 saturated heterocycles. The monoisotopic (exact) mass is 672 g/mol. The van der Waals surface area contributed by atoms with E-state index in [-0.39, 0.29) is 12.2 Å². The van der Waals surface area contributed by atoms with Crippen molar-refractivity contribution in [2.75, 3.05) is 52.6 Å². The van der Waals surface area contributed by atoms with Crippen LogP contribution in [0.5, 0.6) is 0 Å². The molecule has 4 atom stereocenters. The fourth-order valence-corrected chi connectivity index (χ4v) is 11.1. The van der Waals surface area contributed by atoms with E-state index in [9.17, 15) is 9.59 Å². The highest BCUT2D eigenvalue weighted by Crippen LogP contribution is 2.58. The molecular weight excluding hydrogens is 608 g/mol. The van der Waals surface area contributed by atoms with Crippen molar-refractivity contribution in [2.45, 2.75) is 166 Å². The van der Waals surface area contributed by atoms with Crippen molar-refractivity contribution >= 4 is 12.2 Å². The van der Waals surface area contributed by atoms with Crippen molar-refractivity contribution in [3.8, 4) is 0 Å². The van der Waals surface area contributed by atoms with Crippen LogP contribution >= 0.6 is 0 Å². The molecule has 4 unspecified atom stereocenters. The standard InChI is InChI=1S/2C19H32N2O3/c2*1-18(2,3)24-17(22)21-14-4-5-15(21)11-19(10-14)12-16(13-19)20-6-8-23-9-7-20/h2*14-16H,4-13H2,1-3H3. The molecule has 48 heavy (non-hydrogen) atoms. The van der Waals surface area contributed by atoms with Gasteiger partial charge in [0, 0.05) is 62.4 Å². The minimum atomic E-state index is -0.399. The molecule has 0 radical (unpaired) electrons. The maximum absolute atomic E-state index is 12.6. The van der Waals surface area contributed by atoms with Crippen LogP contribution in [-0.2, 0) is 18.9 Å². The summed E-state index contributed by atoms with van der Waals surface area (Å²) in [6.07, 6.45) is 14.5. The molecule has 2 saturated carbocycles. The van der Waals surface area contributed by atoms with Crippen molar-refractivity contribution in [1.82, 2.24) is 19.6 Å². The number of ether oxygens (including phenoxy) is 4. The van der Waals surface area contributed by atoms with Crippen LogP contribution in [0.2, 0.25) is 0 Å². The Kier molecular flexibility index (Phi) is 9.55. The summed E-state index contributed by atoms with van der Waals surface area (Å²) >= 11 is 0. The van der Waals surface area contributed by atoms with Crippen LogP contribution in [0, 0.1) is 10.8 Å². The van der Waals surface area contributed by atoms with Gasteiger partial charge in [0.2, 0.25) is 0 Å². The molecule has 4 bridgehead atoms. The van der Waals surface area contributed by atoms with Crippen LogP contribution in [0.4, 0.5) is 9.59 Å². The number of carbonyl (C=O) groups is 2. The van der Waals surface area contributed by atoms with Crippen LogP contribution < -0.4 is 0 Å². The second kappa shape index (κ2) is 13.2. The Morgan fingerprint density at radius 1 is 0.500 bits per heavy atom. The number of amides is 2. The summed E-state index contributed by atoms with van der Waals surface area (Å²) in [5, 5.41) is 0. The van der Waals surface area contributed by atoms with Gasteiger partial charge in [0.05, 0.1) is 26.4 Å². The molecule has 10 heteroatoms. The van der Waals surface area contributed by atoms with Gasteiger partial charge in [-0.15, -0.1) is 0 Å². The fourth-order valence-electron chi connectivity index (χ4n) is 11.1. The average molecular weight is 673 g/mol. The van der Waals surface area contributed by atoms with Crippen LogP contribution in [0.15, 0.2) is 0 Å². The highest BCUT2D eigenvalue weighted by atomic mass is 16.6. The lowest BCUT2D eigenvalue weighted by Crippen LogP contribution is -2.60. The third-order valence-corrected chi connectivity index (χ3v) is 12.9. The number of nitrogens with zero attached hydrogens (tertiary/aromatic N) is 4. The van der Waals surface area contributed by atoms with Crippen LogP contribution in [-0.4, -0.2) is 132 Å². The molecule has 2 amide bonds. The maximum atomic E-state index is 12.6. The number of hydrogen-bond acceptors (Lipinski definition) is 8. The van der Waals surface area contributed by atoms with Crippen molar-refractivity contribution < 1.29 is 28.5 Å². The van der Waals surface area contributed by atoms with Gasteiger partial charge in [0.1, 0.15) is 11.2 Å². The lowest BCUT2D eigenvalue weighted by atomic mass is 9.58. The molecule has 8 aliphatic rings. The van der Waals surface area contributed by atoms with Crippen LogP contribution in [0.3, 0.4) is 0 Å². The molecule has 0 aromatic heterocycles. The first-order valence-corrected chi connectivity index (χ1v) is 19.4. The van der Waals surface area contributed by atoms with Crippen molar-refractivity contribution in [2.24, 2.45) is 10.8 Å². The van der Waals surface area contributed by atoms with Gasteiger partial charge >= 0.3 is 12.2 Å². The van der Waals surface area contributed by atoms with Crippen molar-refractivity contribution in [3.63, 3.8) is 0 Å². The maximum Gasteiger partial charge on any atom is 0.410 e. The first kappa shape index (κ1) is 34.8. The minimum Gasteiger partial charge on any atom is -0.444 e. The normalized spacial score (nSPS) is 39.8. The third kappa shape index (κ3) is 7.38. The van der Waals surface area contributed by atoms with Crippen molar-refractivity contribution in [3.05, 3.63) is 0 Å². The largest absolute Gasteiger partial charge is 0.444 e. The molecule has 6 heterocycles. The van der Waals surface area contributed by atoms with E-state index in [1.807, 2.05) is 41.5 Å². The Labute approximate surface area is 289 Å². The third-order valence-electron chi connectivity index (χ3n) is 12.9. The van der Waals surface area contributed by atoms with E-state index in [4.69, 9.17) is 18.9 Å². The molecule has 0 N–H and O–H groups in total. The molecule has 2 aliphatic carbocycles. The predicted octanol–water partition coefficient (Wildman–Crippen LogP) is 6.06. The highest BCUT2D eigenvalue weighted by Gasteiger charge is 2.58. The number of rotatable bonds is 2. The first-order valence-electron chi connectivity index (χ1n) is 19.4. The number of morpholine rings is 2. The Morgan fingerprint density at radius 3 is 1.04 bits per heavy atom. The lowest BCUT2D eigenvalue weighted by Gasteiger charge is -2.57. The van der Waals surface area contributed by atoms with Gasteiger partial charge in [-0.3, -0.25) is 9.80 Å². The summed E-state index contributed by atoms with van der Waals surface area (Å²) in [7, 11) is 0. The average Bonchev–Trinajstić information content (AvgIpc) is 3.43. The van der Waals surface area contributed by atoms with E-state index in [1.54, 1.807) is 0 Å². The van der Waals surface area contributed by atoms with Crippen molar-refractivity contribution in [1.29, 1.82) is 0 Å². The molecule has 0 aromatic carbocycles. The summed E-state index contributed by atoms with van der Waals surface area (Å²) in [5.41, 5.74) is 0.188. The molecule has 0 aromatic rings. The van der Waals surface area contributed by atoms with E-state index in [0.29, 0.717) is 35.0 Å². The smallest absolute Gasteiger partial charge is 0.410 e. The molecule has 8 fully saturated rings. The van der Waals surface area contributed by atoms with E-state index < -0.39 is 11.2 Å². The topological polar surface area (TPSA) is 84.0 Å². The molecular formula is C38H64N4O6. The quantitative estimate of drug-likeness (QED) is 0.350. The molecule has 272 valence electrons. The first-order chi connectivity index (χ1) is 22.7. The zero-order chi connectivity index (χ0) is 33.9. The Balaban J connectivity index is 0.000000152. The van der Waals surface area contributed by atoms with Crippen LogP contribution in [0.1, 0.15) is 119 Å². The summed E-state index contributed by atoms with van der Waals surface area (Å²) in [4.78, 5) is 34.6. The zero-order valence-corrected chi connectivity index (χ0v) is 30.8. The highest BCUT2D eigenvalue weighted by molar-refractivity contribution is 5.70. The molecule has 6 aliphatic heterocycles. The van der Waals surface area contributed by atoms with Gasteiger partial charge in [-0.2, -0.15) is 0 Å². The van der Waals surface area contributed by atoms with E-state index in [1.165, 1.54) is 51.4 Å². The van der Waals surface area contributed by atoms with E-state index in [2.05, 4.69) is 19.6 Å². The van der Waals surface area contributed by atoms with Gasteiger partial charge in [-0.25, -0.2) is 9.59 Å². The number of hydrogen-bond donors (Lipinski definition) is 0. The van der Waals surface area contributed by atoms with Gasteiger partial charge < -0.3 is 28.7 Å². The van der Waals surface area contributed by atoms with Gasteiger partial charge in [-0.05, 0) is 129 Å². The van der Waals surface area contributed by atoms with Gasteiger partial charge in [0.25, 0.3) is 0 Å². The predicted molar refractivity (Wildman–Crippen MR) is 184 cm³/mol. The second-order valence-corrected chi connectivity index (χ2v) is 18.8. The number of carbonyl (C=O) groups excluding carboxylic acids is 2. The Hall–Kier alpha value is -1.62. The summed E-state index contributed by atoms with van der Waals surface area (Å²) in [5.74, 6) is 0. The lowest BCUT2D eigenvalue weighted by molar-refractivity contribution is -0.0896. The molecule has 10 nitrogen and oxygen atoms in total. The van der Waals surface area contributed by atoms with Gasteiger partial charge in [0.15, 0.2) is 0 Å². The minimum absolute atomic E-state index is 0.0890. The molecule has 8 rings (SSSR count). The summed E-state index contributed by atoms with van der Waals surface area (Å²) in [6.45, 7) is 19.7. The Bertz CT molecular complexity index is 1040. The Morgan fingerprint density at radius 2 is 0.771 bits per heavy atom. The number of fused-ring (bicyclic) bond motifs is 4. The van der Waals surface area contributed by atoms with E-state index >= 15 is 0 Å². The SMILES string of the molecule is CC(C)(C)OC(=O)N1C2CCC1CC1(CC(N3CCOCC3)C1)C2.CC(C)(C)OC(=O)N1C2CCC1CC1(CC(N3CCOCC3)C1)C2. The second-order valence-electron chi connectivity index (χ2n) is 18.8. The summed E-state index contributed by atoms with van der Waals surface area (Å²) < 4.78 is 22.3. The molecule has 2 spiro atoms.